The maximum atomic E-state index is 13.3. The average molecular weight is 444 g/mol. The Balaban J connectivity index is 1.58. The Hall–Kier alpha value is -4.33. The van der Waals surface area contributed by atoms with Gasteiger partial charge in [0.2, 0.25) is 5.91 Å². The molecule has 0 unspecified atom stereocenters. The molecular weight excluding hydrogens is 420 g/mol. The Kier molecular flexibility index (Phi) is 6.54. The van der Waals surface area contributed by atoms with E-state index in [1.165, 1.54) is 4.90 Å². The van der Waals surface area contributed by atoms with Gasteiger partial charge in [-0.05, 0) is 48.5 Å². The zero-order valence-corrected chi connectivity index (χ0v) is 18.4. The summed E-state index contributed by atoms with van der Waals surface area (Å²) in [7, 11) is 3.19. The van der Waals surface area contributed by atoms with E-state index in [0.717, 1.165) is 11.3 Å². The van der Waals surface area contributed by atoms with Crippen LogP contribution >= 0.6 is 0 Å². The lowest BCUT2D eigenvalue weighted by Gasteiger charge is -2.16. The molecule has 8 nitrogen and oxygen atoms in total. The summed E-state index contributed by atoms with van der Waals surface area (Å²) in [6.07, 6.45) is 3.23. The number of methoxy groups -OCH3 is 1. The van der Waals surface area contributed by atoms with Crippen molar-refractivity contribution in [1.82, 2.24) is 20.0 Å². The van der Waals surface area contributed by atoms with Crippen molar-refractivity contribution < 1.29 is 18.7 Å². The molecule has 0 saturated heterocycles. The molecule has 8 heteroatoms. The highest BCUT2D eigenvalue weighted by Gasteiger charge is 2.23. The lowest BCUT2D eigenvalue weighted by molar-refractivity contribution is -0.121. The van der Waals surface area contributed by atoms with Crippen LogP contribution in [0.5, 0.6) is 5.75 Å². The normalized spacial score (nSPS) is 10.6. The summed E-state index contributed by atoms with van der Waals surface area (Å²) in [4.78, 5) is 27.1. The number of aromatic nitrogens is 2. The van der Waals surface area contributed by atoms with Crippen LogP contribution in [0.3, 0.4) is 0 Å². The number of furan rings is 1. The molecule has 0 bridgehead atoms. The third-order valence-electron chi connectivity index (χ3n) is 5.10. The monoisotopic (exact) mass is 444 g/mol. The van der Waals surface area contributed by atoms with Gasteiger partial charge in [0.25, 0.3) is 5.91 Å². The Labute approximate surface area is 191 Å². The number of amides is 2. The number of para-hydroxylation sites is 1. The summed E-state index contributed by atoms with van der Waals surface area (Å²) in [5.74, 6) is 0.752. The smallest absolute Gasteiger partial charge is 0.257 e. The average Bonchev–Trinajstić information content (AvgIpc) is 3.53. The van der Waals surface area contributed by atoms with Crippen LogP contribution in [0.4, 0.5) is 0 Å². The van der Waals surface area contributed by atoms with Gasteiger partial charge in [0, 0.05) is 18.8 Å². The van der Waals surface area contributed by atoms with Crippen molar-refractivity contribution >= 4 is 11.8 Å². The number of hydrogen-bond acceptors (Lipinski definition) is 5. The first-order valence-corrected chi connectivity index (χ1v) is 10.4. The molecule has 0 saturated carbocycles. The van der Waals surface area contributed by atoms with Crippen LogP contribution in [0.1, 0.15) is 16.1 Å². The van der Waals surface area contributed by atoms with Crippen molar-refractivity contribution in [3.05, 3.63) is 90.5 Å². The van der Waals surface area contributed by atoms with Crippen LogP contribution in [0, 0.1) is 0 Å². The highest BCUT2D eigenvalue weighted by Crippen LogP contribution is 2.26. The molecule has 0 aliphatic rings. The highest BCUT2D eigenvalue weighted by atomic mass is 16.5. The molecule has 2 aromatic heterocycles. The predicted molar refractivity (Wildman–Crippen MR) is 123 cm³/mol. The second kappa shape index (κ2) is 9.86. The van der Waals surface area contributed by atoms with E-state index < -0.39 is 0 Å². The molecule has 0 fully saturated rings. The maximum absolute atomic E-state index is 13.3. The van der Waals surface area contributed by atoms with Crippen LogP contribution in [-0.4, -0.2) is 47.2 Å². The fourth-order valence-electron chi connectivity index (χ4n) is 3.35. The second-order valence-electron chi connectivity index (χ2n) is 7.42. The summed E-state index contributed by atoms with van der Waals surface area (Å²) in [6.45, 7) is 0.162. The van der Waals surface area contributed by atoms with Gasteiger partial charge in [0.1, 0.15) is 17.2 Å². The van der Waals surface area contributed by atoms with Crippen LogP contribution < -0.4 is 10.1 Å². The number of nitrogens with zero attached hydrogens (tertiary/aromatic N) is 3. The third-order valence-corrected chi connectivity index (χ3v) is 5.10. The minimum atomic E-state index is -0.309. The SMILES string of the molecule is COc1ccc(-c2nn(-c3ccccc3)cc2C(=O)N(C)CC(=O)NCc2ccco2)cc1. The number of benzene rings is 2. The largest absolute Gasteiger partial charge is 0.497 e. The second-order valence-corrected chi connectivity index (χ2v) is 7.42. The van der Waals surface area contributed by atoms with Crippen molar-refractivity contribution in [2.45, 2.75) is 6.54 Å². The minimum Gasteiger partial charge on any atom is -0.497 e. The fraction of sp³-hybridized carbons (Fsp3) is 0.160. The van der Waals surface area contributed by atoms with Gasteiger partial charge < -0.3 is 19.4 Å². The number of hydrogen-bond donors (Lipinski definition) is 1. The first-order chi connectivity index (χ1) is 16.0. The quantitative estimate of drug-likeness (QED) is 0.449. The van der Waals surface area contributed by atoms with E-state index in [0.29, 0.717) is 22.8 Å². The van der Waals surface area contributed by atoms with Crippen LogP contribution in [0.25, 0.3) is 16.9 Å². The van der Waals surface area contributed by atoms with Gasteiger partial charge >= 0.3 is 0 Å². The molecule has 0 spiro atoms. The van der Waals surface area contributed by atoms with Crippen LogP contribution in [0.15, 0.2) is 83.6 Å². The molecule has 4 aromatic rings. The van der Waals surface area contributed by atoms with Crippen molar-refractivity contribution in [1.29, 1.82) is 0 Å². The highest BCUT2D eigenvalue weighted by molar-refractivity contribution is 6.01. The van der Waals surface area contributed by atoms with E-state index in [-0.39, 0.29) is 24.9 Å². The van der Waals surface area contributed by atoms with Crippen molar-refractivity contribution in [3.8, 4) is 22.7 Å². The number of carbonyl (C=O) groups excluding carboxylic acids is 2. The molecule has 1 N–H and O–H groups in total. The molecule has 2 amide bonds. The van der Waals surface area contributed by atoms with Crippen molar-refractivity contribution in [2.24, 2.45) is 0 Å². The molecule has 0 atom stereocenters. The first kappa shape index (κ1) is 21.9. The van der Waals surface area contributed by atoms with Gasteiger partial charge in [-0.15, -0.1) is 0 Å². The maximum Gasteiger partial charge on any atom is 0.257 e. The lowest BCUT2D eigenvalue weighted by atomic mass is 10.1. The molecule has 168 valence electrons. The number of likely N-dealkylation sites (N-methyl/N-ethyl adjacent to an activating group) is 1. The van der Waals surface area contributed by atoms with E-state index >= 15 is 0 Å². The number of nitrogens with one attached hydrogen (secondary N) is 1. The summed E-state index contributed by atoms with van der Waals surface area (Å²) in [6, 6.07) is 20.4. The van der Waals surface area contributed by atoms with E-state index in [1.54, 1.807) is 43.4 Å². The van der Waals surface area contributed by atoms with Gasteiger partial charge in [0.15, 0.2) is 0 Å². The molecular formula is C25H24N4O4. The Morgan fingerprint density at radius 3 is 2.48 bits per heavy atom. The Bertz CT molecular complexity index is 1220. The number of ether oxygens (including phenoxy) is 1. The first-order valence-electron chi connectivity index (χ1n) is 10.4. The Morgan fingerprint density at radius 1 is 1.06 bits per heavy atom. The topological polar surface area (TPSA) is 89.6 Å². The summed E-state index contributed by atoms with van der Waals surface area (Å²) < 4.78 is 12.1. The summed E-state index contributed by atoms with van der Waals surface area (Å²) >= 11 is 0. The van der Waals surface area contributed by atoms with E-state index in [4.69, 9.17) is 9.15 Å². The van der Waals surface area contributed by atoms with Gasteiger partial charge in [-0.25, -0.2) is 4.68 Å². The van der Waals surface area contributed by atoms with Crippen molar-refractivity contribution in [3.63, 3.8) is 0 Å². The van der Waals surface area contributed by atoms with Gasteiger partial charge in [-0.2, -0.15) is 5.10 Å². The standard InChI is InChI=1S/C25H24N4O4/c1-28(17-23(30)26-15-21-9-6-14-33-21)25(31)22-16-29(19-7-4-3-5-8-19)27-24(22)18-10-12-20(32-2)13-11-18/h3-14,16H,15,17H2,1-2H3,(H,26,30). The third kappa shape index (κ3) is 5.12. The summed E-state index contributed by atoms with van der Waals surface area (Å²) in [5, 5.41) is 7.43. The zero-order valence-electron chi connectivity index (χ0n) is 18.4. The zero-order chi connectivity index (χ0) is 23.2. The predicted octanol–water partition coefficient (Wildman–Crippen LogP) is 3.53. The van der Waals surface area contributed by atoms with E-state index in [9.17, 15) is 9.59 Å². The van der Waals surface area contributed by atoms with Crippen LogP contribution in [-0.2, 0) is 11.3 Å². The molecule has 2 aromatic carbocycles. The molecule has 0 aliphatic carbocycles. The van der Waals surface area contributed by atoms with Gasteiger partial charge in [0.05, 0.1) is 37.7 Å². The lowest BCUT2D eigenvalue weighted by Crippen LogP contribution is -2.38. The molecule has 2 heterocycles. The molecule has 33 heavy (non-hydrogen) atoms. The number of rotatable bonds is 8. The van der Waals surface area contributed by atoms with Crippen LogP contribution in [0.2, 0.25) is 0 Å². The molecule has 0 radical (unpaired) electrons. The van der Waals surface area contributed by atoms with Gasteiger partial charge in [-0.3, -0.25) is 9.59 Å². The Morgan fingerprint density at radius 2 is 1.82 bits per heavy atom. The molecule has 4 rings (SSSR count). The van der Waals surface area contributed by atoms with E-state index in [2.05, 4.69) is 10.4 Å². The minimum absolute atomic E-state index is 0.0991. The number of carbonyl (C=O) groups is 2. The summed E-state index contributed by atoms with van der Waals surface area (Å²) in [5.41, 5.74) is 2.51. The van der Waals surface area contributed by atoms with Gasteiger partial charge in [-0.1, -0.05) is 18.2 Å². The van der Waals surface area contributed by atoms with E-state index in [1.807, 2.05) is 54.6 Å². The molecule has 0 aliphatic heterocycles. The fourth-order valence-corrected chi connectivity index (χ4v) is 3.35. The van der Waals surface area contributed by atoms with Crippen molar-refractivity contribution in [2.75, 3.05) is 20.7 Å².